The molecule has 0 nitrogen and oxygen atoms in total. The molecule has 76 valence electrons. The van der Waals surface area contributed by atoms with Crippen LogP contribution in [-0.2, 0) is 5.88 Å². The number of hydrogen-bond acceptors (Lipinski definition) is 0. The molecule has 2 rings (SSSR count). The van der Waals surface area contributed by atoms with E-state index in [1.165, 1.54) is 11.1 Å². The molecule has 0 aliphatic rings. The highest BCUT2D eigenvalue weighted by atomic mass is 79.9. The molecular formula is C13H10BrCl. The zero-order valence-corrected chi connectivity index (χ0v) is 10.4. The van der Waals surface area contributed by atoms with Crippen molar-refractivity contribution in [3.63, 3.8) is 0 Å². The second-order valence-electron chi connectivity index (χ2n) is 3.34. The van der Waals surface area contributed by atoms with Gasteiger partial charge in [0, 0.05) is 10.4 Å². The van der Waals surface area contributed by atoms with Gasteiger partial charge in [0.15, 0.2) is 0 Å². The molecule has 0 bridgehead atoms. The monoisotopic (exact) mass is 280 g/mol. The minimum absolute atomic E-state index is 0.568. The molecular weight excluding hydrogens is 272 g/mol. The summed E-state index contributed by atoms with van der Waals surface area (Å²) in [6.45, 7) is 0. The molecule has 0 unspecified atom stereocenters. The van der Waals surface area contributed by atoms with Crippen LogP contribution in [0, 0.1) is 0 Å². The van der Waals surface area contributed by atoms with Crippen LogP contribution in [0.25, 0.3) is 11.1 Å². The Labute approximate surface area is 103 Å². The first-order valence-corrected chi connectivity index (χ1v) is 6.03. The second-order valence-corrected chi connectivity index (χ2v) is 4.52. The molecule has 0 fully saturated rings. The van der Waals surface area contributed by atoms with Gasteiger partial charge in [-0.1, -0.05) is 52.3 Å². The average Bonchev–Trinajstić information content (AvgIpc) is 2.29. The van der Waals surface area contributed by atoms with Crippen molar-refractivity contribution in [3.05, 3.63) is 58.6 Å². The second kappa shape index (κ2) is 4.82. The highest BCUT2D eigenvalue weighted by Crippen LogP contribution is 2.23. The molecule has 0 spiro atoms. The van der Waals surface area contributed by atoms with Crippen LogP contribution < -0.4 is 0 Å². The van der Waals surface area contributed by atoms with Crippen LogP contribution in [0.15, 0.2) is 53.0 Å². The molecule has 0 aliphatic carbocycles. The zero-order valence-electron chi connectivity index (χ0n) is 8.08. The van der Waals surface area contributed by atoms with Crippen molar-refractivity contribution in [2.24, 2.45) is 0 Å². The molecule has 0 N–H and O–H groups in total. The summed E-state index contributed by atoms with van der Waals surface area (Å²) in [6.07, 6.45) is 0. The first-order chi connectivity index (χ1) is 7.29. The van der Waals surface area contributed by atoms with E-state index in [4.69, 9.17) is 11.6 Å². The summed E-state index contributed by atoms with van der Waals surface area (Å²) >= 11 is 9.21. The molecule has 15 heavy (non-hydrogen) atoms. The number of hydrogen-bond donors (Lipinski definition) is 0. The maximum atomic E-state index is 5.74. The van der Waals surface area contributed by atoms with E-state index in [2.05, 4.69) is 52.3 Å². The fraction of sp³-hybridized carbons (Fsp3) is 0.0769. The van der Waals surface area contributed by atoms with Gasteiger partial charge >= 0.3 is 0 Å². The SMILES string of the molecule is ClCc1ccc(-c2cccc(Br)c2)cc1. The molecule has 0 radical (unpaired) electrons. The Balaban J connectivity index is 2.37. The van der Waals surface area contributed by atoms with Crippen LogP contribution in [0.3, 0.4) is 0 Å². The average molecular weight is 282 g/mol. The molecule has 0 aliphatic heterocycles. The zero-order chi connectivity index (χ0) is 10.7. The molecule has 0 atom stereocenters. The Morgan fingerprint density at radius 3 is 2.27 bits per heavy atom. The number of alkyl halides is 1. The predicted molar refractivity (Wildman–Crippen MR) is 69.1 cm³/mol. The fourth-order valence-corrected chi connectivity index (χ4v) is 2.03. The van der Waals surface area contributed by atoms with Gasteiger partial charge in [0.2, 0.25) is 0 Å². The summed E-state index contributed by atoms with van der Waals surface area (Å²) in [5.74, 6) is 0.568. The molecule has 0 saturated heterocycles. The van der Waals surface area contributed by atoms with Gasteiger partial charge in [-0.25, -0.2) is 0 Å². The largest absolute Gasteiger partial charge is 0.122 e. The Morgan fingerprint density at radius 2 is 1.67 bits per heavy atom. The topological polar surface area (TPSA) is 0 Å². The molecule has 2 aromatic rings. The van der Waals surface area contributed by atoms with Crippen LogP contribution >= 0.6 is 27.5 Å². The van der Waals surface area contributed by atoms with Gasteiger partial charge < -0.3 is 0 Å². The van der Waals surface area contributed by atoms with Crippen molar-refractivity contribution < 1.29 is 0 Å². The van der Waals surface area contributed by atoms with Crippen LogP contribution in [-0.4, -0.2) is 0 Å². The highest BCUT2D eigenvalue weighted by Gasteiger charge is 1.98. The number of halogens is 2. The first kappa shape index (κ1) is 10.7. The summed E-state index contributed by atoms with van der Waals surface area (Å²) in [4.78, 5) is 0. The lowest BCUT2D eigenvalue weighted by atomic mass is 10.0. The van der Waals surface area contributed by atoms with E-state index < -0.39 is 0 Å². The van der Waals surface area contributed by atoms with Gasteiger partial charge in [-0.15, -0.1) is 11.6 Å². The van der Waals surface area contributed by atoms with Gasteiger partial charge in [-0.3, -0.25) is 0 Å². The third kappa shape index (κ3) is 2.61. The van der Waals surface area contributed by atoms with E-state index in [0.29, 0.717) is 5.88 Å². The van der Waals surface area contributed by atoms with E-state index in [-0.39, 0.29) is 0 Å². The van der Waals surface area contributed by atoms with Gasteiger partial charge in [0.1, 0.15) is 0 Å². The third-order valence-electron chi connectivity index (χ3n) is 2.27. The Hall–Kier alpha value is -0.790. The van der Waals surface area contributed by atoms with Crippen LogP contribution in [0.2, 0.25) is 0 Å². The standard InChI is InChI=1S/C13H10BrCl/c14-13-3-1-2-12(8-13)11-6-4-10(9-15)5-7-11/h1-8H,9H2. The quantitative estimate of drug-likeness (QED) is 0.690. The van der Waals surface area contributed by atoms with Crippen LogP contribution in [0.1, 0.15) is 5.56 Å². The normalized spacial score (nSPS) is 10.3. The lowest BCUT2D eigenvalue weighted by molar-refractivity contribution is 1.40. The van der Waals surface area contributed by atoms with Crippen molar-refractivity contribution in [1.29, 1.82) is 0 Å². The summed E-state index contributed by atoms with van der Waals surface area (Å²) in [5, 5.41) is 0. The minimum Gasteiger partial charge on any atom is -0.122 e. The van der Waals surface area contributed by atoms with Crippen molar-refractivity contribution in [3.8, 4) is 11.1 Å². The summed E-state index contributed by atoms with van der Waals surface area (Å²) in [5.41, 5.74) is 3.58. The minimum atomic E-state index is 0.568. The summed E-state index contributed by atoms with van der Waals surface area (Å²) < 4.78 is 1.10. The van der Waals surface area contributed by atoms with Gasteiger partial charge in [-0.2, -0.15) is 0 Å². The van der Waals surface area contributed by atoms with E-state index >= 15 is 0 Å². The molecule has 0 heterocycles. The lowest BCUT2D eigenvalue weighted by Crippen LogP contribution is -1.80. The van der Waals surface area contributed by atoms with Crippen molar-refractivity contribution in [1.82, 2.24) is 0 Å². The van der Waals surface area contributed by atoms with Gasteiger partial charge in [-0.05, 0) is 28.8 Å². The first-order valence-electron chi connectivity index (χ1n) is 4.70. The number of benzene rings is 2. The van der Waals surface area contributed by atoms with Gasteiger partial charge in [0.25, 0.3) is 0 Å². The Kier molecular flexibility index (Phi) is 3.45. The molecule has 0 aromatic heterocycles. The van der Waals surface area contributed by atoms with E-state index in [1.54, 1.807) is 0 Å². The molecule has 0 amide bonds. The van der Waals surface area contributed by atoms with Crippen molar-refractivity contribution in [2.75, 3.05) is 0 Å². The predicted octanol–water partition coefficient (Wildman–Crippen LogP) is 4.85. The molecule has 2 aromatic carbocycles. The van der Waals surface area contributed by atoms with Crippen molar-refractivity contribution >= 4 is 27.5 Å². The summed E-state index contributed by atoms with van der Waals surface area (Å²) in [6, 6.07) is 16.6. The molecule has 2 heteroatoms. The van der Waals surface area contributed by atoms with Gasteiger partial charge in [0.05, 0.1) is 0 Å². The highest BCUT2D eigenvalue weighted by molar-refractivity contribution is 9.10. The maximum absolute atomic E-state index is 5.74. The maximum Gasteiger partial charge on any atom is 0.0474 e. The van der Waals surface area contributed by atoms with E-state index in [1.807, 2.05) is 12.1 Å². The third-order valence-corrected chi connectivity index (χ3v) is 3.07. The Morgan fingerprint density at radius 1 is 0.933 bits per heavy atom. The number of rotatable bonds is 2. The lowest BCUT2D eigenvalue weighted by Gasteiger charge is -2.03. The van der Waals surface area contributed by atoms with Crippen LogP contribution in [0.5, 0.6) is 0 Å². The fourth-order valence-electron chi connectivity index (χ4n) is 1.45. The van der Waals surface area contributed by atoms with E-state index in [0.717, 1.165) is 10.0 Å². The van der Waals surface area contributed by atoms with E-state index in [9.17, 15) is 0 Å². The van der Waals surface area contributed by atoms with Crippen LogP contribution in [0.4, 0.5) is 0 Å². The van der Waals surface area contributed by atoms with Crippen molar-refractivity contribution in [2.45, 2.75) is 5.88 Å². The molecule has 0 saturated carbocycles. The Bertz CT molecular complexity index is 448. The summed E-state index contributed by atoms with van der Waals surface area (Å²) in [7, 11) is 0. The smallest absolute Gasteiger partial charge is 0.0474 e.